The monoisotopic (exact) mass is 385 g/mol. The molecule has 0 fully saturated rings. The van der Waals surface area contributed by atoms with Crippen molar-refractivity contribution in [1.29, 1.82) is 0 Å². The number of hydrogen-bond acceptors (Lipinski definition) is 8. The van der Waals surface area contributed by atoms with Gasteiger partial charge in [0.2, 0.25) is 0 Å². The molecule has 0 saturated carbocycles. The highest BCUT2D eigenvalue weighted by molar-refractivity contribution is 5.95. The minimum atomic E-state index is -0.981. The van der Waals surface area contributed by atoms with E-state index in [2.05, 4.69) is 22.6 Å². The fourth-order valence-electron chi connectivity index (χ4n) is 1.01. The van der Waals surface area contributed by atoms with Crippen LogP contribution >= 0.6 is 0 Å². The molecule has 0 spiro atoms. The summed E-state index contributed by atoms with van der Waals surface area (Å²) in [6.45, 7) is 5.92. The van der Waals surface area contributed by atoms with Gasteiger partial charge in [-0.1, -0.05) is 19.2 Å². The summed E-state index contributed by atoms with van der Waals surface area (Å²) in [5, 5.41) is 23.6. The van der Waals surface area contributed by atoms with E-state index in [1.807, 2.05) is 0 Å². The van der Waals surface area contributed by atoms with Gasteiger partial charge in [-0.2, -0.15) is 0 Å². The van der Waals surface area contributed by atoms with Crippen molar-refractivity contribution in [3.63, 3.8) is 0 Å². The third kappa shape index (κ3) is 18.2. The molecule has 0 atom stereocenters. The standard InChI is InChI=1S/C10H10O4.2C3H4O2.HNO2/c1-13-9(11)7-4-3-5-8(6-7)10(12)14-2;2*1-2-3(4)5;2-1-3/h3-6H,1-2H3;2*2H,1H2,(H,4,5);1H. The van der Waals surface area contributed by atoms with Crippen molar-refractivity contribution >= 4 is 23.9 Å². The van der Waals surface area contributed by atoms with Gasteiger partial charge in [0.05, 0.1) is 25.3 Å². The molecule has 1 aromatic rings. The van der Waals surface area contributed by atoms with E-state index in [4.69, 9.17) is 20.3 Å². The van der Waals surface area contributed by atoms with Crippen LogP contribution in [0.25, 0.3) is 0 Å². The Balaban J connectivity index is -0.000000366. The Morgan fingerprint density at radius 1 is 0.963 bits per heavy atom. The number of nitrogens with one attached hydrogen (secondary N) is 1. The van der Waals surface area contributed by atoms with Crippen molar-refractivity contribution in [1.82, 2.24) is 0 Å². The quantitative estimate of drug-likeness (QED) is 0.278. The summed E-state index contributed by atoms with van der Waals surface area (Å²) >= 11 is 0. The summed E-state index contributed by atoms with van der Waals surface area (Å²) in [5.41, 5.74) is 0.658. The van der Waals surface area contributed by atoms with Crippen molar-refractivity contribution in [2.75, 3.05) is 14.2 Å². The van der Waals surface area contributed by atoms with Crippen LogP contribution in [0.1, 0.15) is 20.7 Å². The summed E-state index contributed by atoms with van der Waals surface area (Å²) in [6, 6.07) is 6.16. The van der Waals surface area contributed by atoms with E-state index in [-0.39, 0.29) is 5.34 Å². The van der Waals surface area contributed by atoms with Gasteiger partial charge in [0.15, 0.2) is 0 Å². The Bertz CT molecular complexity index is 605. The first-order valence-electron chi connectivity index (χ1n) is 6.61. The number of carbonyl (C=O) groups excluding carboxylic acids is 2. The molecule has 11 heteroatoms. The van der Waals surface area contributed by atoms with Crippen molar-refractivity contribution in [2.45, 2.75) is 0 Å². The summed E-state index contributed by atoms with van der Waals surface area (Å²) in [6.07, 6.45) is 1.67. The molecule has 0 saturated heterocycles. The lowest BCUT2D eigenvalue weighted by atomic mass is 10.1. The van der Waals surface area contributed by atoms with Crippen LogP contribution in [0, 0.1) is 10.1 Å². The number of rotatable bonds is 4. The fraction of sp³-hybridized carbons (Fsp3) is 0.125. The molecule has 0 aliphatic heterocycles. The number of benzene rings is 1. The molecule has 0 bridgehead atoms. The van der Waals surface area contributed by atoms with Crippen LogP contribution in [0.2, 0.25) is 0 Å². The molecular formula is C16H19NO10. The zero-order chi connectivity index (χ0) is 21.8. The van der Waals surface area contributed by atoms with Crippen LogP contribution in [0.15, 0.2) is 49.6 Å². The summed E-state index contributed by atoms with van der Waals surface area (Å²) in [5.74, 6) is -2.92. The predicted molar refractivity (Wildman–Crippen MR) is 92.5 cm³/mol. The lowest BCUT2D eigenvalue weighted by Crippen LogP contribution is -2.53. The van der Waals surface area contributed by atoms with Crippen molar-refractivity contribution < 1.29 is 44.2 Å². The van der Waals surface area contributed by atoms with Gasteiger partial charge < -0.3 is 19.7 Å². The van der Waals surface area contributed by atoms with Crippen LogP contribution in [0.4, 0.5) is 0 Å². The normalized spacial score (nSPS) is 7.63. The Morgan fingerprint density at radius 3 is 1.41 bits per heavy atom. The van der Waals surface area contributed by atoms with Gasteiger partial charge in [-0.15, -0.1) is 0 Å². The largest absolute Gasteiger partial charge is 0.478 e. The van der Waals surface area contributed by atoms with E-state index in [1.54, 1.807) is 18.2 Å². The molecule has 0 amide bonds. The smallest absolute Gasteiger partial charge is 0.337 e. The molecule has 1 rings (SSSR count). The van der Waals surface area contributed by atoms with Crippen LogP contribution in [-0.4, -0.2) is 48.3 Å². The molecule has 27 heavy (non-hydrogen) atoms. The molecule has 0 aromatic heterocycles. The van der Waals surface area contributed by atoms with Gasteiger partial charge in [-0.05, 0) is 18.2 Å². The van der Waals surface area contributed by atoms with Gasteiger partial charge in [0.25, 0.3) is 0 Å². The lowest BCUT2D eigenvalue weighted by molar-refractivity contribution is -0.398. The van der Waals surface area contributed by atoms with E-state index in [0.29, 0.717) is 11.1 Å². The molecule has 0 aliphatic rings. The molecule has 11 nitrogen and oxygen atoms in total. The maximum Gasteiger partial charge on any atom is 0.337 e. The Morgan fingerprint density at radius 2 is 1.22 bits per heavy atom. The van der Waals surface area contributed by atoms with Crippen LogP contribution in [-0.2, 0) is 19.1 Å². The van der Waals surface area contributed by atoms with Crippen LogP contribution < -0.4 is 5.34 Å². The number of carboxylic acids is 2. The molecule has 0 radical (unpaired) electrons. The van der Waals surface area contributed by atoms with Gasteiger partial charge in [0.1, 0.15) is 0 Å². The van der Waals surface area contributed by atoms with E-state index >= 15 is 0 Å². The van der Waals surface area contributed by atoms with Gasteiger partial charge in [-0.3, -0.25) is 10.1 Å². The SMILES string of the molecule is C=CC(=O)O.C=CC(=O)O.COC(=O)c1cccc(C(=O)OC)c1.O=[NH+][O-]. The zero-order valence-electron chi connectivity index (χ0n) is 14.5. The number of hydrogen-bond donors (Lipinski definition) is 3. The summed E-state index contributed by atoms with van der Waals surface area (Å²) in [4.78, 5) is 48.8. The number of methoxy groups -OCH3 is 2. The minimum absolute atomic E-state index is 0.250. The molecule has 0 heterocycles. The molecule has 0 unspecified atom stereocenters. The van der Waals surface area contributed by atoms with Crippen LogP contribution in [0.5, 0.6) is 0 Å². The van der Waals surface area contributed by atoms with E-state index < -0.39 is 23.9 Å². The van der Waals surface area contributed by atoms with E-state index in [0.717, 1.165) is 12.2 Å². The second-order valence-corrected chi connectivity index (χ2v) is 3.73. The third-order valence-corrected chi connectivity index (χ3v) is 2.05. The molecule has 1 aromatic carbocycles. The van der Waals surface area contributed by atoms with Crippen molar-refractivity contribution in [2.24, 2.45) is 0 Å². The second-order valence-electron chi connectivity index (χ2n) is 3.73. The second kappa shape index (κ2) is 18.3. The Kier molecular flexibility index (Phi) is 18.9. The maximum atomic E-state index is 11.1. The average molecular weight is 385 g/mol. The highest BCUT2D eigenvalue weighted by Crippen LogP contribution is 2.07. The number of aliphatic carboxylic acids is 2. The van der Waals surface area contributed by atoms with E-state index in [1.165, 1.54) is 20.3 Å². The number of carbonyl (C=O) groups is 4. The van der Waals surface area contributed by atoms with Crippen LogP contribution in [0.3, 0.4) is 0 Å². The number of ether oxygens (including phenoxy) is 2. The number of carboxylic acid groups (broad SMARTS) is 2. The maximum absolute atomic E-state index is 11.1. The minimum Gasteiger partial charge on any atom is -0.478 e. The Labute approximate surface area is 154 Å². The summed E-state index contributed by atoms with van der Waals surface area (Å²) in [7, 11) is 2.57. The van der Waals surface area contributed by atoms with Crippen molar-refractivity contribution in [3.8, 4) is 0 Å². The first-order valence-corrected chi connectivity index (χ1v) is 6.61. The lowest BCUT2D eigenvalue weighted by Gasteiger charge is -2.01. The molecule has 148 valence electrons. The molecule has 0 aliphatic carbocycles. The highest BCUT2D eigenvalue weighted by Gasteiger charge is 2.09. The number of esters is 2. The summed E-state index contributed by atoms with van der Waals surface area (Å²) < 4.78 is 9.03. The van der Waals surface area contributed by atoms with E-state index in [9.17, 15) is 19.2 Å². The van der Waals surface area contributed by atoms with Gasteiger partial charge in [-0.25, -0.2) is 19.2 Å². The van der Waals surface area contributed by atoms with Gasteiger partial charge >= 0.3 is 23.9 Å². The first kappa shape index (κ1) is 27.8. The first-order chi connectivity index (χ1) is 12.6. The highest BCUT2D eigenvalue weighted by atomic mass is 16.6. The molecule has 3 N–H and O–H groups in total. The average Bonchev–Trinajstić information content (AvgIpc) is 2.68. The predicted octanol–water partition coefficient (Wildman–Crippen LogP) is 0.105. The fourth-order valence-corrected chi connectivity index (χ4v) is 1.01. The zero-order valence-corrected chi connectivity index (χ0v) is 14.5. The van der Waals surface area contributed by atoms with Crippen molar-refractivity contribution in [3.05, 3.63) is 70.8 Å². The Hall–Kier alpha value is -4.02. The topological polar surface area (TPSA) is 181 Å². The third-order valence-electron chi connectivity index (χ3n) is 2.05. The molecular weight excluding hydrogens is 366 g/mol. The van der Waals surface area contributed by atoms with Gasteiger partial charge in [0, 0.05) is 17.5 Å².